The van der Waals surface area contributed by atoms with Gasteiger partial charge in [-0.2, -0.15) is 0 Å². The van der Waals surface area contributed by atoms with Crippen molar-refractivity contribution in [2.75, 3.05) is 33.8 Å². The van der Waals surface area contributed by atoms with Gasteiger partial charge in [0, 0.05) is 44.2 Å². The summed E-state index contributed by atoms with van der Waals surface area (Å²) >= 11 is 0. The quantitative estimate of drug-likeness (QED) is 0.804. The number of rotatable bonds is 6. The number of imidazole rings is 1. The van der Waals surface area contributed by atoms with E-state index in [1.54, 1.807) is 6.33 Å². The first-order valence-electron chi connectivity index (χ1n) is 7.17. The third kappa shape index (κ3) is 4.03. The highest BCUT2D eigenvalue weighted by atomic mass is 16.2. The Morgan fingerprint density at radius 1 is 1.53 bits per heavy atom. The van der Waals surface area contributed by atoms with Gasteiger partial charge < -0.3 is 15.0 Å². The Morgan fingerprint density at radius 3 is 3.00 bits per heavy atom. The molecule has 1 aliphatic rings. The molecule has 0 spiro atoms. The number of H-pyrrole nitrogens is 1. The lowest BCUT2D eigenvalue weighted by Gasteiger charge is -2.41. The molecule has 2 N–H and O–H groups in total. The van der Waals surface area contributed by atoms with Gasteiger partial charge in [-0.15, -0.1) is 0 Å². The number of likely N-dealkylation sites (tertiary alicyclic amines) is 1. The molecular weight excluding hydrogens is 240 g/mol. The van der Waals surface area contributed by atoms with Crippen LogP contribution in [0.1, 0.15) is 25.0 Å². The average Bonchev–Trinajstić information content (AvgIpc) is 2.89. The Kier molecular flexibility index (Phi) is 5.36. The zero-order valence-corrected chi connectivity index (χ0v) is 12.0. The number of hydrogen-bond acceptors (Lipinski definition) is 4. The molecule has 1 saturated heterocycles. The molecule has 5 heteroatoms. The number of nitrogens with one attached hydrogen (secondary N) is 1. The number of nitrogens with zero attached hydrogens (tertiary/aromatic N) is 3. The van der Waals surface area contributed by atoms with Crippen molar-refractivity contribution in [3.8, 4) is 0 Å². The highest BCUT2D eigenvalue weighted by Crippen LogP contribution is 2.25. The van der Waals surface area contributed by atoms with Crippen LogP contribution in [0.15, 0.2) is 12.5 Å². The number of aromatic nitrogens is 2. The van der Waals surface area contributed by atoms with Crippen LogP contribution < -0.4 is 0 Å². The second kappa shape index (κ2) is 7.03. The largest absolute Gasteiger partial charge is 0.396 e. The Bertz CT molecular complexity index is 352. The van der Waals surface area contributed by atoms with E-state index < -0.39 is 0 Å². The van der Waals surface area contributed by atoms with Crippen molar-refractivity contribution in [3.05, 3.63) is 18.2 Å². The number of hydrogen-bond donors (Lipinski definition) is 2. The van der Waals surface area contributed by atoms with Crippen molar-refractivity contribution < 1.29 is 5.11 Å². The number of aliphatic hydroxyl groups excluding tert-OH is 1. The van der Waals surface area contributed by atoms with Gasteiger partial charge in [0.05, 0.1) is 6.33 Å². The van der Waals surface area contributed by atoms with Crippen LogP contribution in [0.3, 0.4) is 0 Å². The minimum Gasteiger partial charge on any atom is -0.396 e. The summed E-state index contributed by atoms with van der Waals surface area (Å²) in [6, 6.07) is 0.643. The third-order valence-electron chi connectivity index (χ3n) is 4.12. The Balaban J connectivity index is 1.91. The highest BCUT2D eigenvalue weighted by molar-refractivity contribution is 4.95. The van der Waals surface area contributed by atoms with Gasteiger partial charge in [-0.05, 0) is 39.3 Å². The third-order valence-corrected chi connectivity index (χ3v) is 4.12. The molecule has 5 nitrogen and oxygen atoms in total. The minimum absolute atomic E-state index is 0.303. The molecule has 108 valence electrons. The second-order valence-corrected chi connectivity index (χ2v) is 5.76. The summed E-state index contributed by atoms with van der Waals surface area (Å²) in [5, 5.41) is 9.05. The fourth-order valence-electron chi connectivity index (χ4n) is 3.17. The maximum atomic E-state index is 9.05. The first-order valence-corrected chi connectivity index (χ1v) is 7.17. The fraction of sp³-hybridized carbons (Fsp3) is 0.786. The average molecular weight is 266 g/mol. The van der Waals surface area contributed by atoms with Gasteiger partial charge in [-0.3, -0.25) is 4.90 Å². The maximum Gasteiger partial charge on any atom is 0.0922 e. The SMILES string of the molecule is CN(C)[C@@H]1CCN(Cc2cnc[nH]2)C[C@@H]1CCCO. The van der Waals surface area contributed by atoms with E-state index in [1.165, 1.54) is 12.1 Å². The van der Waals surface area contributed by atoms with Gasteiger partial charge in [0.25, 0.3) is 0 Å². The normalized spacial score (nSPS) is 25.1. The van der Waals surface area contributed by atoms with Gasteiger partial charge in [0.2, 0.25) is 0 Å². The van der Waals surface area contributed by atoms with Gasteiger partial charge in [0.1, 0.15) is 0 Å². The highest BCUT2D eigenvalue weighted by Gasteiger charge is 2.30. The Labute approximate surface area is 115 Å². The van der Waals surface area contributed by atoms with Gasteiger partial charge in [0.15, 0.2) is 0 Å². The van der Waals surface area contributed by atoms with Crippen molar-refractivity contribution in [3.63, 3.8) is 0 Å². The van der Waals surface area contributed by atoms with Crippen molar-refractivity contribution in [1.29, 1.82) is 0 Å². The number of aliphatic hydroxyl groups is 1. The van der Waals surface area contributed by atoms with Crippen molar-refractivity contribution in [1.82, 2.24) is 19.8 Å². The Hall–Kier alpha value is -0.910. The molecule has 1 aromatic heterocycles. The Morgan fingerprint density at radius 2 is 2.37 bits per heavy atom. The van der Waals surface area contributed by atoms with Gasteiger partial charge in [-0.1, -0.05) is 0 Å². The standard InChI is InChI=1S/C14H26N4O/c1-17(2)14-5-6-18(9-12(14)4-3-7-19)10-13-8-15-11-16-13/h8,11-12,14,19H,3-7,9-10H2,1-2H3,(H,15,16)/t12-,14+/m0/s1. The summed E-state index contributed by atoms with van der Waals surface area (Å²) in [5.74, 6) is 0.652. The maximum absolute atomic E-state index is 9.05. The van der Waals surface area contributed by atoms with Crippen molar-refractivity contribution in [2.24, 2.45) is 5.92 Å². The van der Waals surface area contributed by atoms with Crippen LogP contribution in [0.2, 0.25) is 0 Å². The zero-order valence-electron chi connectivity index (χ0n) is 12.0. The summed E-state index contributed by atoms with van der Waals surface area (Å²) in [5.41, 5.74) is 1.18. The van der Waals surface area contributed by atoms with E-state index in [4.69, 9.17) is 5.11 Å². The summed E-state index contributed by atoms with van der Waals surface area (Å²) < 4.78 is 0. The molecule has 2 heterocycles. The molecular formula is C14H26N4O. The number of aromatic amines is 1. The van der Waals surface area contributed by atoms with E-state index in [2.05, 4.69) is 33.9 Å². The smallest absolute Gasteiger partial charge is 0.0922 e. The number of piperidine rings is 1. The van der Waals surface area contributed by atoms with Crippen LogP contribution in [-0.4, -0.2) is 64.7 Å². The van der Waals surface area contributed by atoms with E-state index in [0.29, 0.717) is 18.6 Å². The molecule has 2 rings (SSSR count). The van der Waals surface area contributed by atoms with Crippen LogP contribution in [0.25, 0.3) is 0 Å². The molecule has 0 saturated carbocycles. The van der Waals surface area contributed by atoms with Crippen molar-refractivity contribution >= 4 is 0 Å². The van der Waals surface area contributed by atoms with E-state index in [1.807, 2.05) is 6.20 Å². The molecule has 0 aliphatic carbocycles. The fourth-order valence-corrected chi connectivity index (χ4v) is 3.17. The predicted molar refractivity (Wildman–Crippen MR) is 75.8 cm³/mol. The zero-order chi connectivity index (χ0) is 13.7. The van der Waals surface area contributed by atoms with Crippen LogP contribution in [0.5, 0.6) is 0 Å². The summed E-state index contributed by atoms with van der Waals surface area (Å²) in [4.78, 5) is 12.1. The van der Waals surface area contributed by atoms with Crippen LogP contribution >= 0.6 is 0 Å². The van der Waals surface area contributed by atoms with E-state index >= 15 is 0 Å². The summed E-state index contributed by atoms with van der Waals surface area (Å²) in [6.45, 7) is 3.51. The topological polar surface area (TPSA) is 55.4 Å². The first-order chi connectivity index (χ1) is 9.20. The lowest BCUT2D eigenvalue weighted by atomic mass is 9.87. The van der Waals surface area contributed by atoms with Gasteiger partial charge in [-0.25, -0.2) is 4.98 Å². The molecule has 0 amide bonds. The molecule has 1 aromatic rings. The summed E-state index contributed by atoms with van der Waals surface area (Å²) in [7, 11) is 4.34. The van der Waals surface area contributed by atoms with E-state index in [9.17, 15) is 0 Å². The summed E-state index contributed by atoms with van der Waals surface area (Å²) in [6.07, 6.45) is 6.87. The molecule has 0 unspecified atom stereocenters. The van der Waals surface area contributed by atoms with Crippen LogP contribution in [-0.2, 0) is 6.54 Å². The lowest BCUT2D eigenvalue weighted by molar-refractivity contribution is 0.0711. The minimum atomic E-state index is 0.303. The molecule has 1 fully saturated rings. The first kappa shape index (κ1) is 14.5. The second-order valence-electron chi connectivity index (χ2n) is 5.76. The van der Waals surface area contributed by atoms with E-state index in [-0.39, 0.29) is 0 Å². The van der Waals surface area contributed by atoms with Crippen LogP contribution in [0.4, 0.5) is 0 Å². The lowest BCUT2D eigenvalue weighted by Crippen LogP contribution is -2.48. The molecule has 19 heavy (non-hydrogen) atoms. The predicted octanol–water partition coefficient (Wildman–Crippen LogP) is 0.934. The molecule has 0 bridgehead atoms. The molecule has 0 radical (unpaired) electrons. The van der Waals surface area contributed by atoms with E-state index in [0.717, 1.165) is 32.5 Å². The molecule has 1 aliphatic heterocycles. The molecule has 0 aromatic carbocycles. The monoisotopic (exact) mass is 266 g/mol. The van der Waals surface area contributed by atoms with Crippen molar-refractivity contribution in [2.45, 2.75) is 31.8 Å². The van der Waals surface area contributed by atoms with Gasteiger partial charge >= 0.3 is 0 Å². The van der Waals surface area contributed by atoms with Crippen LogP contribution in [0, 0.1) is 5.92 Å². The molecule has 2 atom stereocenters.